The second-order valence-electron chi connectivity index (χ2n) is 5.87. The third-order valence-corrected chi connectivity index (χ3v) is 4.33. The molecule has 0 saturated heterocycles. The first-order valence-electron chi connectivity index (χ1n) is 8.07. The number of nitrogens with zero attached hydrogens (tertiary/aromatic N) is 1. The third kappa shape index (κ3) is 3.52. The van der Waals surface area contributed by atoms with Crippen LogP contribution in [0, 0.1) is 0 Å². The van der Waals surface area contributed by atoms with Gasteiger partial charge >= 0.3 is 0 Å². The van der Waals surface area contributed by atoms with Gasteiger partial charge in [-0.1, -0.05) is 24.8 Å². The minimum Gasteiger partial charge on any atom is -0.348 e. The number of fused-ring (bicyclic) bond motifs is 1. The maximum absolute atomic E-state index is 12.9. The highest BCUT2D eigenvalue weighted by Gasteiger charge is 2.24. The number of hydrogen-bond acceptors (Lipinski definition) is 3. The molecule has 3 rings (SSSR count). The summed E-state index contributed by atoms with van der Waals surface area (Å²) in [5, 5.41) is 2.69. The first-order chi connectivity index (χ1) is 12.1. The monoisotopic (exact) mass is 337 g/mol. The van der Waals surface area contributed by atoms with Crippen LogP contribution in [0.5, 0.6) is 0 Å². The van der Waals surface area contributed by atoms with Crippen molar-refractivity contribution in [3.8, 4) is 0 Å². The van der Waals surface area contributed by atoms with E-state index < -0.39 is 0 Å². The van der Waals surface area contributed by atoms with Gasteiger partial charge in [0.15, 0.2) is 0 Å². The molecule has 0 radical (unpaired) electrons. The largest absolute Gasteiger partial charge is 0.348 e. The quantitative estimate of drug-likeness (QED) is 0.827. The molecular weight excluding hydrogens is 318 g/mol. The number of pyridine rings is 1. The third-order valence-electron chi connectivity index (χ3n) is 4.33. The number of carbonyl (C=O) groups is 2. The molecule has 6 heteroatoms. The Balaban J connectivity index is 1.82. The molecule has 1 aromatic carbocycles. The van der Waals surface area contributed by atoms with Crippen LogP contribution < -0.4 is 10.9 Å². The molecule has 0 spiro atoms. The number of amides is 2. The van der Waals surface area contributed by atoms with E-state index in [2.05, 4.69) is 16.9 Å². The van der Waals surface area contributed by atoms with Crippen molar-refractivity contribution in [2.75, 3.05) is 6.54 Å². The van der Waals surface area contributed by atoms with Crippen LogP contribution in [0.1, 0.15) is 27.0 Å². The molecule has 2 aromatic rings. The number of benzene rings is 1. The van der Waals surface area contributed by atoms with Gasteiger partial charge in [0, 0.05) is 30.4 Å². The van der Waals surface area contributed by atoms with E-state index in [9.17, 15) is 14.4 Å². The summed E-state index contributed by atoms with van der Waals surface area (Å²) < 4.78 is 0. The minimum atomic E-state index is -0.291. The van der Waals surface area contributed by atoms with E-state index in [0.29, 0.717) is 24.1 Å². The molecule has 0 bridgehead atoms. The molecule has 1 aromatic heterocycles. The second kappa shape index (κ2) is 7.17. The van der Waals surface area contributed by atoms with Crippen LogP contribution in [0.25, 0.3) is 0 Å². The molecule has 2 N–H and O–H groups in total. The van der Waals surface area contributed by atoms with Crippen molar-refractivity contribution in [2.24, 2.45) is 0 Å². The molecule has 6 nitrogen and oxygen atoms in total. The Hall–Kier alpha value is -3.15. The summed E-state index contributed by atoms with van der Waals surface area (Å²) in [4.78, 5) is 40.6. The van der Waals surface area contributed by atoms with Crippen LogP contribution in [0.15, 0.2) is 54.0 Å². The Morgan fingerprint density at radius 2 is 2.08 bits per heavy atom. The summed E-state index contributed by atoms with van der Waals surface area (Å²) in [7, 11) is 0. The molecule has 25 heavy (non-hydrogen) atoms. The lowest BCUT2D eigenvalue weighted by molar-refractivity contribution is -0.116. The van der Waals surface area contributed by atoms with Gasteiger partial charge in [-0.15, -0.1) is 0 Å². The van der Waals surface area contributed by atoms with Crippen molar-refractivity contribution in [2.45, 2.75) is 19.5 Å². The molecule has 128 valence electrons. The lowest BCUT2D eigenvalue weighted by Crippen LogP contribution is -2.39. The van der Waals surface area contributed by atoms with Crippen molar-refractivity contribution >= 4 is 11.8 Å². The number of nitrogens with one attached hydrogen (secondary N) is 2. The van der Waals surface area contributed by atoms with Crippen LogP contribution in [0.4, 0.5) is 0 Å². The molecule has 2 amide bonds. The average molecular weight is 337 g/mol. The zero-order valence-electron chi connectivity index (χ0n) is 13.7. The van der Waals surface area contributed by atoms with Gasteiger partial charge in [-0.05, 0) is 35.8 Å². The van der Waals surface area contributed by atoms with Gasteiger partial charge in [-0.25, -0.2) is 0 Å². The summed E-state index contributed by atoms with van der Waals surface area (Å²) in [6, 6.07) is 9.04. The average Bonchev–Trinajstić information content (AvgIpc) is 2.66. The highest BCUT2D eigenvalue weighted by Crippen LogP contribution is 2.19. The fourth-order valence-corrected chi connectivity index (χ4v) is 2.97. The number of aromatic nitrogens is 1. The minimum absolute atomic E-state index is 0.141. The second-order valence-corrected chi connectivity index (χ2v) is 5.87. The van der Waals surface area contributed by atoms with Crippen molar-refractivity contribution in [1.82, 2.24) is 15.2 Å². The van der Waals surface area contributed by atoms with Crippen LogP contribution in [0.3, 0.4) is 0 Å². The van der Waals surface area contributed by atoms with Gasteiger partial charge in [-0.3, -0.25) is 14.4 Å². The highest BCUT2D eigenvalue weighted by atomic mass is 16.2. The van der Waals surface area contributed by atoms with Crippen molar-refractivity contribution in [3.63, 3.8) is 0 Å². The molecular formula is C19H19N3O3. The van der Waals surface area contributed by atoms with Crippen LogP contribution in [-0.2, 0) is 24.3 Å². The maximum atomic E-state index is 12.9. The summed E-state index contributed by atoms with van der Waals surface area (Å²) in [5.74, 6) is -0.432. The molecule has 1 aliphatic heterocycles. The maximum Gasteiger partial charge on any atom is 0.254 e. The summed E-state index contributed by atoms with van der Waals surface area (Å²) in [5.41, 5.74) is 2.73. The lowest BCUT2D eigenvalue weighted by atomic mass is 10.00. The first kappa shape index (κ1) is 16.7. The molecule has 0 atom stereocenters. The van der Waals surface area contributed by atoms with Crippen molar-refractivity contribution in [3.05, 3.63) is 81.8 Å². The fraction of sp³-hybridized carbons (Fsp3) is 0.211. The van der Waals surface area contributed by atoms with Gasteiger partial charge in [0.2, 0.25) is 5.91 Å². The molecule has 0 fully saturated rings. The van der Waals surface area contributed by atoms with Gasteiger partial charge in [0.05, 0.1) is 6.54 Å². The van der Waals surface area contributed by atoms with Gasteiger partial charge in [-0.2, -0.15) is 0 Å². The zero-order chi connectivity index (χ0) is 17.8. The standard InChI is InChI=1S/C19H19N3O3/c1-2-17(23)21-11-14-5-3-4-6-15(14)19(25)22-10-8-13-7-9-20-18(24)16(13)12-22/h2-7,9H,1,8,10-12H2,(H,20,24)(H,21,23). The highest BCUT2D eigenvalue weighted by molar-refractivity contribution is 5.96. The van der Waals surface area contributed by atoms with E-state index in [1.807, 2.05) is 12.1 Å². The van der Waals surface area contributed by atoms with Crippen LogP contribution in [-0.4, -0.2) is 28.2 Å². The van der Waals surface area contributed by atoms with E-state index in [-0.39, 0.29) is 30.5 Å². The molecule has 0 aliphatic carbocycles. The number of H-pyrrole nitrogens is 1. The first-order valence-corrected chi connectivity index (χ1v) is 8.07. The van der Waals surface area contributed by atoms with Crippen LogP contribution >= 0.6 is 0 Å². The smallest absolute Gasteiger partial charge is 0.254 e. The molecule has 1 aliphatic rings. The molecule has 2 heterocycles. The Morgan fingerprint density at radius 3 is 2.88 bits per heavy atom. The van der Waals surface area contributed by atoms with E-state index in [1.54, 1.807) is 29.3 Å². The van der Waals surface area contributed by atoms with Gasteiger partial charge in [0.1, 0.15) is 0 Å². The Bertz CT molecular complexity index is 885. The number of aromatic amines is 1. The van der Waals surface area contributed by atoms with Gasteiger partial charge < -0.3 is 15.2 Å². The van der Waals surface area contributed by atoms with E-state index in [0.717, 1.165) is 11.1 Å². The van der Waals surface area contributed by atoms with Gasteiger partial charge in [0.25, 0.3) is 11.5 Å². The zero-order valence-corrected chi connectivity index (χ0v) is 13.7. The summed E-state index contributed by atoms with van der Waals surface area (Å²) in [6.45, 7) is 4.51. The molecule has 0 unspecified atom stereocenters. The summed E-state index contributed by atoms with van der Waals surface area (Å²) in [6.07, 6.45) is 3.48. The number of hydrogen-bond donors (Lipinski definition) is 2. The Kier molecular flexibility index (Phi) is 4.79. The Labute approximate surface area is 145 Å². The van der Waals surface area contributed by atoms with Crippen LogP contribution in [0.2, 0.25) is 0 Å². The van der Waals surface area contributed by atoms with E-state index in [4.69, 9.17) is 0 Å². The summed E-state index contributed by atoms with van der Waals surface area (Å²) >= 11 is 0. The lowest BCUT2D eigenvalue weighted by Gasteiger charge is -2.28. The normalized spacial score (nSPS) is 13.0. The van der Waals surface area contributed by atoms with E-state index in [1.165, 1.54) is 6.08 Å². The van der Waals surface area contributed by atoms with Crippen molar-refractivity contribution in [1.29, 1.82) is 0 Å². The SMILES string of the molecule is C=CC(=O)NCc1ccccc1C(=O)N1CCc2cc[nH]c(=O)c2C1. The molecule has 0 saturated carbocycles. The van der Waals surface area contributed by atoms with E-state index >= 15 is 0 Å². The topological polar surface area (TPSA) is 82.3 Å². The predicted octanol–water partition coefficient (Wildman–Crippen LogP) is 1.38. The fourth-order valence-electron chi connectivity index (χ4n) is 2.97. The number of rotatable bonds is 4. The Morgan fingerprint density at radius 1 is 1.28 bits per heavy atom. The van der Waals surface area contributed by atoms with Crippen molar-refractivity contribution < 1.29 is 9.59 Å². The predicted molar refractivity (Wildman–Crippen MR) is 94.0 cm³/mol. The number of carbonyl (C=O) groups excluding carboxylic acids is 2.